The van der Waals surface area contributed by atoms with E-state index in [4.69, 9.17) is 0 Å². The van der Waals surface area contributed by atoms with Crippen LogP contribution in [0, 0.1) is 5.92 Å². The second-order valence-corrected chi connectivity index (χ2v) is 7.00. The molecule has 1 aliphatic heterocycles. The van der Waals surface area contributed by atoms with Crippen LogP contribution in [0.4, 0.5) is 0 Å². The summed E-state index contributed by atoms with van der Waals surface area (Å²) >= 11 is 0. The van der Waals surface area contributed by atoms with Gasteiger partial charge >= 0.3 is 0 Å². The Labute approximate surface area is 160 Å². The van der Waals surface area contributed by atoms with E-state index in [0.29, 0.717) is 31.4 Å². The highest BCUT2D eigenvalue weighted by Crippen LogP contribution is 2.15. The van der Waals surface area contributed by atoms with Gasteiger partial charge in [-0.15, -0.1) is 10.2 Å². The highest BCUT2D eigenvalue weighted by Gasteiger charge is 2.20. The van der Waals surface area contributed by atoms with Crippen molar-refractivity contribution in [1.29, 1.82) is 0 Å². The van der Waals surface area contributed by atoms with Crippen LogP contribution in [-0.4, -0.2) is 57.5 Å². The summed E-state index contributed by atoms with van der Waals surface area (Å²) in [5, 5.41) is 14.8. The molecule has 146 valence electrons. The van der Waals surface area contributed by atoms with Crippen LogP contribution >= 0.6 is 0 Å². The summed E-state index contributed by atoms with van der Waals surface area (Å²) in [4.78, 5) is 18.9. The zero-order valence-electron chi connectivity index (χ0n) is 16.2. The van der Waals surface area contributed by atoms with Crippen LogP contribution in [0.5, 0.6) is 0 Å². The van der Waals surface area contributed by atoms with E-state index >= 15 is 0 Å². The van der Waals surface area contributed by atoms with E-state index in [2.05, 4.69) is 32.7 Å². The Bertz CT molecular complexity index is 785. The number of aromatic nitrogens is 3. The minimum atomic E-state index is 0.216. The van der Waals surface area contributed by atoms with Crippen LogP contribution in [0.3, 0.4) is 0 Å². The van der Waals surface area contributed by atoms with Crippen molar-refractivity contribution in [2.24, 2.45) is 10.9 Å². The number of hydrogen-bond acceptors (Lipinski definition) is 4. The van der Waals surface area contributed by atoms with Gasteiger partial charge in [-0.1, -0.05) is 13.0 Å². The summed E-state index contributed by atoms with van der Waals surface area (Å²) < 4.78 is 1.92. The average molecular weight is 371 g/mol. The lowest BCUT2D eigenvalue weighted by Crippen LogP contribution is -2.42. The molecule has 0 bridgehead atoms. The lowest BCUT2D eigenvalue weighted by atomic mass is 10.00. The molecule has 8 heteroatoms. The number of amides is 1. The lowest BCUT2D eigenvalue weighted by molar-refractivity contribution is -0.132. The van der Waals surface area contributed by atoms with Gasteiger partial charge in [0.15, 0.2) is 17.4 Å². The molecule has 3 heterocycles. The lowest BCUT2D eigenvalue weighted by Gasteiger charge is -2.31. The van der Waals surface area contributed by atoms with Gasteiger partial charge in [-0.25, -0.2) is 4.99 Å². The van der Waals surface area contributed by atoms with Gasteiger partial charge in [0.2, 0.25) is 5.91 Å². The minimum absolute atomic E-state index is 0.216. The van der Waals surface area contributed by atoms with Gasteiger partial charge in [-0.2, -0.15) is 0 Å². The van der Waals surface area contributed by atoms with Crippen LogP contribution < -0.4 is 10.6 Å². The molecule has 2 N–H and O–H groups in total. The molecule has 2 aromatic rings. The molecule has 0 aromatic carbocycles. The van der Waals surface area contributed by atoms with E-state index in [1.54, 1.807) is 0 Å². The van der Waals surface area contributed by atoms with E-state index < -0.39 is 0 Å². The molecule has 1 saturated heterocycles. The Hall–Kier alpha value is -2.64. The molecule has 8 nitrogen and oxygen atoms in total. The highest BCUT2D eigenvalue weighted by atomic mass is 16.2. The van der Waals surface area contributed by atoms with Crippen LogP contribution in [-0.2, 0) is 11.3 Å². The molecule has 3 rings (SSSR count). The molecule has 1 fully saturated rings. The molecule has 1 unspecified atom stereocenters. The van der Waals surface area contributed by atoms with Crippen molar-refractivity contribution in [1.82, 2.24) is 30.1 Å². The third kappa shape index (κ3) is 5.18. The molecular formula is C19H29N7O. The van der Waals surface area contributed by atoms with Crippen molar-refractivity contribution in [2.75, 3.05) is 26.2 Å². The second-order valence-electron chi connectivity index (χ2n) is 7.00. The maximum Gasteiger partial charge on any atom is 0.224 e. The summed E-state index contributed by atoms with van der Waals surface area (Å²) in [6, 6.07) is 5.79. The van der Waals surface area contributed by atoms with E-state index in [1.807, 2.05) is 40.6 Å². The van der Waals surface area contributed by atoms with Crippen molar-refractivity contribution in [3.63, 3.8) is 0 Å². The molecule has 0 aliphatic carbocycles. The standard InChI is InChI=1S/C19H29N7O/c1-3-20-19(21-10-9-18(27)25-11-6-7-15(2)14-25)22-13-17-24-23-16-8-4-5-12-26(16)17/h4-5,8,12,15H,3,6-7,9-11,13-14H2,1-2H3,(H2,20,21,22). The molecule has 0 radical (unpaired) electrons. The molecule has 1 atom stereocenters. The zero-order valence-corrected chi connectivity index (χ0v) is 16.2. The van der Waals surface area contributed by atoms with Gasteiger partial charge < -0.3 is 15.5 Å². The van der Waals surface area contributed by atoms with E-state index in [0.717, 1.165) is 37.5 Å². The van der Waals surface area contributed by atoms with Crippen LogP contribution in [0.15, 0.2) is 29.4 Å². The van der Waals surface area contributed by atoms with Crippen LogP contribution in [0.1, 0.15) is 38.9 Å². The molecule has 1 aliphatic rings. The van der Waals surface area contributed by atoms with Crippen molar-refractivity contribution < 1.29 is 4.79 Å². The number of piperidine rings is 1. The number of hydrogen-bond donors (Lipinski definition) is 2. The Kier molecular flexibility index (Phi) is 6.62. The fourth-order valence-electron chi connectivity index (χ4n) is 3.35. The summed E-state index contributed by atoms with van der Waals surface area (Å²) in [5.41, 5.74) is 0.807. The normalized spacial score (nSPS) is 17.9. The fraction of sp³-hybridized carbons (Fsp3) is 0.579. The summed E-state index contributed by atoms with van der Waals surface area (Å²) in [6.45, 7) is 7.73. The first-order valence-corrected chi connectivity index (χ1v) is 9.76. The van der Waals surface area contributed by atoms with E-state index in [-0.39, 0.29) is 5.91 Å². The van der Waals surface area contributed by atoms with Crippen LogP contribution in [0.25, 0.3) is 5.65 Å². The Morgan fingerprint density at radius 2 is 2.22 bits per heavy atom. The summed E-state index contributed by atoms with van der Waals surface area (Å²) in [7, 11) is 0. The predicted molar refractivity (Wildman–Crippen MR) is 105 cm³/mol. The number of carbonyl (C=O) groups excluding carboxylic acids is 1. The first kappa shape index (κ1) is 19.1. The largest absolute Gasteiger partial charge is 0.357 e. The second kappa shape index (κ2) is 9.34. The predicted octanol–water partition coefficient (Wildman–Crippen LogP) is 1.43. The highest BCUT2D eigenvalue weighted by molar-refractivity contribution is 5.81. The maximum atomic E-state index is 12.4. The Balaban J connectivity index is 1.52. The average Bonchev–Trinajstić information content (AvgIpc) is 3.09. The van der Waals surface area contributed by atoms with Crippen molar-refractivity contribution in [3.05, 3.63) is 30.2 Å². The van der Waals surface area contributed by atoms with Gasteiger partial charge in [0.05, 0.1) is 0 Å². The number of guanidine groups is 1. The number of fused-ring (bicyclic) bond motifs is 1. The fourth-order valence-corrected chi connectivity index (χ4v) is 3.35. The summed E-state index contributed by atoms with van der Waals surface area (Å²) in [5.74, 6) is 2.28. The van der Waals surface area contributed by atoms with E-state index in [9.17, 15) is 4.79 Å². The molecular weight excluding hydrogens is 342 g/mol. The SMILES string of the molecule is CCNC(=NCc1nnc2ccccn12)NCCC(=O)N1CCCC(C)C1. The first-order valence-electron chi connectivity index (χ1n) is 9.76. The zero-order chi connectivity index (χ0) is 19.1. The maximum absolute atomic E-state index is 12.4. The van der Waals surface area contributed by atoms with E-state index in [1.165, 1.54) is 6.42 Å². The molecule has 0 saturated carbocycles. The monoisotopic (exact) mass is 371 g/mol. The number of likely N-dealkylation sites (tertiary alicyclic amines) is 1. The molecule has 0 spiro atoms. The number of carbonyl (C=O) groups is 1. The minimum Gasteiger partial charge on any atom is -0.357 e. The third-order valence-electron chi connectivity index (χ3n) is 4.75. The topological polar surface area (TPSA) is 86.9 Å². The van der Waals surface area contributed by atoms with Gasteiger partial charge in [0.25, 0.3) is 0 Å². The van der Waals surface area contributed by atoms with Gasteiger partial charge in [0.1, 0.15) is 6.54 Å². The number of nitrogens with one attached hydrogen (secondary N) is 2. The van der Waals surface area contributed by atoms with Crippen LogP contribution in [0.2, 0.25) is 0 Å². The van der Waals surface area contributed by atoms with Gasteiger partial charge in [-0.05, 0) is 37.8 Å². The van der Waals surface area contributed by atoms with Crippen molar-refractivity contribution in [2.45, 2.75) is 39.7 Å². The Morgan fingerprint density at radius 1 is 1.33 bits per heavy atom. The van der Waals surface area contributed by atoms with Gasteiger partial charge in [-0.3, -0.25) is 9.20 Å². The smallest absolute Gasteiger partial charge is 0.224 e. The summed E-state index contributed by atoms with van der Waals surface area (Å²) in [6.07, 6.45) is 4.73. The molecule has 27 heavy (non-hydrogen) atoms. The van der Waals surface area contributed by atoms with Crippen molar-refractivity contribution >= 4 is 17.5 Å². The van der Waals surface area contributed by atoms with Gasteiger partial charge in [0, 0.05) is 38.8 Å². The molecule has 2 aromatic heterocycles. The quantitative estimate of drug-likeness (QED) is 0.593. The number of rotatable bonds is 6. The number of pyridine rings is 1. The molecule has 1 amide bonds. The first-order chi connectivity index (χ1) is 13.2. The number of aliphatic imine (C=N–C) groups is 1. The third-order valence-corrected chi connectivity index (χ3v) is 4.75. The number of nitrogens with zero attached hydrogens (tertiary/aromatic N) is 5. The Morgan fingerprint density at radius 3 is 3.04 bits per heavy atom. The van der Waals surface area contributed by atoms with Crippen molar-refractivity contribution in [3.8, 4) is 0 Å².